The van der Waals surface area contributed by atoms with Gasteiger partial charge in [-0.3, -0.25) is 0 Å². The Labute approximate surface area is 130 Å². The molecular weight excluding hydrogens is 278 g/mol. The van der Waals surface area contributed by atoms with E-state index >= 15 is 0 Å². The van der Waals surface area contributed by atoms with Crippen molar-refractivity contribution in [3.8, 4) is 11.4 Å². The Morgan fingerprint density at radius 3 is 3.05 bits per heavy atom. The summed E-state index contributed by atoms with van der Waals surface area (Å²) in [5.74, 6) is 1.63. The van der Waals surface area contributed by atoms with Crippen molar-refractivity contribution in [3.05, 3.63) is 33.8 Å². The van der Waals surface area contributed by atoms with Gasteiger partial charge >= 0.3 is 0 Å². The summed E-state index contributed by atoms with van der Waals surface area (Å²) in [5.41, 5.74) is 4.98. The minimum absolute atomic E-state index is 0.735. The largest absolute Gasteiger partial charge is 0.316 e. The molecular formula is C17H23N3S. The van der Waals surface area contributed by atoms with Crippen LogP contribution in [-0.4, -0.2) is 23.1 Å². The predicted octanol–water partition coefficient (Wildman–Crippen LogP) is 3.62. The molecule has 0 aliphatic heterocycles. The van der Waals surface area contributed by atoms with E-state index in [4.69, 9.17) is 9.97 Å². The molecule has 1 aliphatic carbocycles. The normalized spacial score (nSPS) is 17.7. The maximum atomic E-state index is 4.82. The van der Waals surface area contributed by atoms with E-state index in [0.717, 1.165) is 43.2 Å². The van der Waals surface area contributed by atoms with Crippen molar-refractivity contribution in [2.45, 2.75) is 39.5 Å². The Kier molecular flexibility index (Phi) is 4.66. The number of nitrogens with zero attached hydrogens (tertiary/aromatic N) is 2. The number of aryl methyl sites for hydroxylation is 2. The maximum Gasteiger partial charge on any atom is 0.160 e. The molecule has 3 nitrogen and oxygen atoms in total. The zero-order valence-corrected chi connectivity index (χ0v) is 13.7. The second-order valence-electron chi connectivity index (χ2n) is 5.88. The molecule has 1 atom stereocenters. The highest BCUT2D eigenvalue weighted by Crippen LogP contribution is 2.28. The van der Waals surface area contributed by atoms with E-state index in [-0.39, 0.29) is 0 Å². The quantitative estimate of drug-likeness (QED) is 0.857. The lowest BCUT2D eigenvalue weighted by Crippen LogP contribution is -2.29. The van der Waals surface area contributed by atoms with Crippen molar-refractivity contribution in [3.63, 3.8) is 0 Å². The van der Waals surface area contributed by atoms with Gasteiger partial charge in [0.05, 0.1) is 0 Å². The van der Waals surface area contributed by atoms with E-state index in [1.807, 2.05) is 0 Å². The molecule has 0 amide bonds. The second kappa shape index (κ2) is 6.67. The first kappa shape index (κ1) is 14.7. The van der Waals surface area contributed by atoms with Crippen LogP contribution < -0.4 is 5.32 Å². The standard InChI is InChI=1S/C17H23N3S/c1-3-7-18-10-13-4-5-16-15(9-13)12(2)19-17(20-16)14-6-8-21-11-14/h6,8,11,13,18H,3-5,7,9-10H2,1-2H3. The van der Waals surface area contributed by atoms with Crippen LogP contribution in [0.2, 0.25) is 0 Å². The Balaban J connectivity index is 1.77. The first-order valence-corrected chi connectivity index (χ1v) is 8.82. The Hall–Kier alpha value is -1.26. The molecule has 4 heteroatoms. The predicted molar refractivity (Wildman–Crippen MR) is 88.8 cm³/mol. The van der Waals surface area contributed by atoms with E-state index in [2.05, 4.69) is 36.0 Å². The molecule has 0 aromatic carbocycles. The molecule has 0 saturated carbocycles. The summed E-state index contributed by atoms with van der Waals surface area (Å²) < 4.78 is 0. The lowest BCUT2D eigenvalue weighted by atomic mass is 9.85. The van der Waals surface area contributed by atoms with Crippen LogP contribution in [0.1, 0.15) is 36.7 Å². The van der Waals surface area contributed by atoms with E-state index in [0.29, 0.717) is 0 Å². The molecule has 0 fully saturated rings. The van der Waals surface area contributed by atoms with Crippen LogP contribution in [0.5, 0.6) is 0 Å². The van der Waals surface area contributed by atoms with Crippen LogP contribution in [0.3, 0.4) is 0 Å². The lowest BCUT2D eigenvalue weighted by Gasteiger charge is -2.25. The first-order valence-electron chi connectivity index (χ1n) is 7.87. The van der Waals surface area contributed by atoms with Gasteiger partial charge in [-0.05, 0) is 68.6 Å². The molecule has 2 aromatic heterocycles. The van der Waals surface area contributed by atoms with Crippen molar-refractivity contribution in [1.29, 1.82) is 0 Å². The molecule has 2 aromatic rings. The molecule has 1 aliphatic rings. The van der Waals surface area contributed by atoms with Crippen LogP contribution in [0.25, 0.3) is 11.4 Å². The molecule has 0 bridgehead atoms. The van der Waals surface area contributed by atoms with E-state index < -0.39 is 0 Å². The maximum absolute atomic E-state index is 4.82. The highest BCUT2D eigenvalue weighted by molar-refractivity contribution is 7.08. The third-order valence-corrected chi connectivity index (χ3v) is 4.90. The number of hydrogen-bond acceptors (Lipinski definition) is 4. The molecule has 0 saturated heterocycles. The minimum Gasteiger partial charge on any atom is -0.316 e. The van der Waals surface area contributed by atoms with Crippen LogP contribution in [-0.2, 0) is 12.8 Å². The van der Waals surface area contributed by atoms with E-state index in [1.54, 1.807) is 11.3 Å². The molecule has 21 heavy (non-hydrogen) atoms. The molecule has 112 valence electrons. The van der Waals surface area contributed by atoms with Gasteiger partial charge in [0.25, 0.3) is 0 Å². The smallest absolute Gasteiger partial charge is 0.160 e. The van der Waals surface area contributed by atoms with Crippen molar-refractivity contribution in [1.82, 2.24) is 15.3 Å². The van der Waals surface area contributed by atoms with Crippen molar-refractivity contribution in [2.24, 2.45) is 5.92 Å². The number of aromatic nitrogens is 2. The van der Waals surface area contributed by atoms with Gasteiger partial charge < -0.3 is 5.32 Å². The van der Waals surface area contributed by atoms with Crippen molar-refractivity contribution >= 4 is 11.3 Å². The molecule has 2 heterocycles. The van der Waals surface area contributed by atoms with Gasteiger partial charge in [-0.25, -0.2) is 9.97 Å². The average molecular weight is 301 g/mol. The monoisotopic (exact) mass is 301 g/mol. The minimum atomic E-state index is 0.735. The summed E-state index contributed by atoms with van der Waals surface area (Å²) in [6, 6.07) is 2.10. The highest BCUT2D eigenvalue weighted by Gasteiger charge is 2.22. The van der Waals surface area contributed by atoms with Gasteiger partial charge in [0.1, 0.15) is 0 Å². The average Bonchev–Trinajstić information content (AvgIpc) is 3.02. The zero-order chi connectivity index (χ0) is 14.7. The first-order chi connectivity index (χ1) is 10.3. The molecule has 0 spiro atoms. The summed E-state index contributed by atoms with van der Waals surface area (Å²) in [7, 11) is 0. The van der Waals surface area contributed by atoms with Gasteiger partial charge in [0.15, 0.2) is 5.82 Å². The molecule has 3 rings (SSSR count). The van der Waals surface area contributed by atoms with Gasteiger partial charge in [-0.2, -0.15) is 11.3 Å². The van der Waals surface area contributed by atoms with Crippen LogP contribution >= 0.6 is 11.3 Å². The van der Waals surface area contributed by atoms with Crippen LogP contribution in [0.15, 0.2) is 16.8 Å². The summed E-state index contributed by atoms with van der Waals surface area (Å²) in [5, 5.41) is 7.76. The fraction of sp³-hybridized carbons (Fsp3) is 0.529. The van der Waals surface area contributed by atoms with Crippen LogP contribution in [0.4, 0.5) is 0 Å². The third-order valence-electron chi connectivity index (χ3n) is 4.22. The van der Waals surface area contributed by atoms with E-state index in [1.165, 1.54) is 29.8 Å². The lowest BCUT2D eigenvalue weighted by molar-refractivity contribution is 0.419. The fourth-order valence-electron chi connectivity index (χ4n) is 3.04. The van der Waals surface area contributed by atoms with Gasteiger partial charge in [0, 0.05) is 22.3 Å². The highest BCUT2D eigenvalue weighted by atomic mass is 32.1. The third kappa shape index (κ3) is 3.33. The molecule has 1 unspecified atom stereocenters. The summed E-state index contributed by atoms with van der Waals surface area (Å²) in [6.07, 6.45) is 4.66. The second-order valence-corrected chi connectivity index (χ2v) is 6.66. The Morgan fingerprint density at radius 2 is 2.29 bits per heavy atom. The summed E-state index contributed by atoms with van der Waals surface area (Å²) in [4.78, 5) is 9.56. The Bertz CT molecular complexity index is 592. The number of rotatable bonds is 5. The van der Waals surface area contributed by atoms with Gasteiger partial charge in [-0.1, -0.05) is 6.92 Å². The van der Waals surface area contributed by atoms with Gasteiger partial charge in [0.2, 0.25) is 0 Å². The van der Waals surface area contributed by atoms with Crippen molar-refractivity contribution in [2.75, 3.05) is 13.1 Å². The van der Waals surface area contributed by atoms with Gasteiger partial charge in [-0.15, -0.1) is 0 Å². The number of fused-ring (bicyclic) bond motifs is 1. The summed E-state index contributed by atoms with van der Waals surface area (Å²) in [6.45, 7) is 6.60. The SMILES string of the molecule is CCCNCC1CCc2nc(-c3ccsc3)nc(C)c2C1. The topological polar surface area (TPSA) is 37.8 Å². The van der Waals surface area contributed by atoms with Crippen LogP contribution in [0, 0.1) is 12.8 Å². The fourth-order valence-corrected chi connectivity index (χ4v) is 3.67. The number of thiophene rings is 1. The van der Waals surface area contributed by atoms with Crippen molar-refractivity contribution < 1.29 is 0 Å². The summed E-state index contributed by atoms with van der Waals surface area (Å²) >= 11 is 1.70. The number of nitrogens with one attached hydrogen (secondary N) is 1. The molecule has 1 N–H and O–H groups in total. The molecule has 0 radical (unpaired) electrons. The van der Waals surface area contributed by atoms with E-state index in [9.17, 15) is 0 Å². The number of hydrogen-bond donors (Lipinski definition) is 1. The zero-order valence-electron chi connectivity index (χ0n) is 12.9. The Morgan fingerprint density at radius 1 is 1.38 bits per heavy atom.